The second-order valence-electron chi connectivity index (χ2n) is 12.0. The van der Waals surface area contributed by atoms with E-state index < -0.39 is 12.2 Å². The summed E-state index contributed by atoms with van der Waals surface area (Å²) in [5.74, 6) is 1.79. The smallest absolute Gasteiger partial charge is 0.416 e. The fourth-order valence-electron chi connectivity index (χ4n) is 5.70. The molecule has 3 aromatic rings. The minimum Gasteiger partial charge on any atom is -0.494 e. The molecule has 2 amide bonds. The molecule has 0 spiro atoms. The van der Waals surface area contributed by atoms with E-state index in [4.69, 9.17) is 19.7 Å². The van der Waals surface area contributed by atoms with Gasteiger partial charge in [-0.2, -0.15) is 0 Å². The number of benzene rings is 3. The number of carboxylic acid groups (broad SMARTS) is 2. The maximum absolute atomic E-state index is 11.0. The lowest BCUT2D eigenvalue weighted by Crippen LogP contribution is -2.38. The highest BCUT2D eigenvalue weighted by atomic mass is 16.5. The van der Waals surface area contributed by atoms with E-state index >= 15 is 0 Å². The summed E-state index contributed by atoms with van der Waals surface area (Å²) in [4.78, 5) is 24.9. The lowest BCUT2D eigenvalue weighted by molar-refractivity contribution is 0.122. The molecule has 0 aliphatic rings. The molecule has 2 N–H and O–H groups in total. The van der Waals surface area contributed by atoms with E-state index in [-0.39, 0.29) is 12.5 Å². The maximum Gasteiger partial charge on any atom is 0.416 e. The maximum atomic E-state index is 11.0. The van der Waals surface area contributed by atoms with Crippen molar-refractivity contribution in [1.29, 1.82) is 0 Å². The summed E-state index contributed by atoms with van der Waals surface area (Å²) in [6.07, 6.45) is 1.99. The molecular formula is C37H50N2O6. The molecule has 1 atom stereocenters. The highest BCUT2D eigenvalue weighted by Crippen LogP contribution is 2.38. The zero-order valence-corrected chi connectivity index (χ0v) is 27.2. The zero-order valence-electron chi connectivity index (χ0n) is 27.2. The van der Waals surface area contributed by atoms with Gasteiger partial charge >= 0.3 is 12.2 Å². The number of hydrogen-bond donors (Lipinski definition) is 2. The minimum absolute atomic E-state index is 0.00267. The monoisotopic (exact) mass is 618 g/mol. The molecule has 3 rings (SSSR count). The molecular weight excluding hydrogens is 568 g/mol. The van der Waals surface area contributed by atoms with E-state index in [1.807, 2.05) is 30.3 Å². The molecule has 0 aliphatic carbocycles. The van der Waals surface area contributed by atoms with Crippen LogP contribution in [0.2, 0.25) is 0 Å². The van der Waals surface area contributed by atoms with Crippen LogP contribution < -0.4 is 9.47 Å². The van der Waals surface area contributed by atoms with Crippen molar-refractivity contribution in [3.8, 4) is 11.5 Å². The Morgan fingerprint density at radius 1 is 0.711 bits per heavy atom. The molecule has 0 aliphatic heterocycles. The fraction of sp³-hybridized carbons (Fsp3) is 0.459. The second-order valence-corrected chi connectivity index (χ2v) is 12.0. The van der Waals surface area contributed by atoms with Gasteiger partial charge in [-0.15, -0.1) is 0 Å². The summed E-state index contributed by atoms with van der Waals surface area (Å²) in [5, 5.41) is 17.9. The summed E-state index contributed by atoms with van der Waals surface area (Å²) in [7, 11) is 0. The van der Waals surface area contributed by atoms with Crippen LogP contribution in [0.4, 0.5) is 9.59 Å². The molecule has 8 nitrogen and oxygen atoms in total. The van der Waals surface area contributed by atoms with E-state index in [0.717, 1.165) is 61.3 Å². The Bertz CT molecular complexity index is 1280. The third kappa shape index (κ3) is 11.8. The van der Waals surface area contributed by atoms with Crippen LogP contribution in [0.25, 0.3) is 0 Å². The van der Waals surface area contributed by atoms with Crippen LogP contribution in [0.5, 0.6) is 11.5 Å². The van der Waals surface area contributed by atoms with Gasteiger partial charge in [-0.1, -0.05) is 79.9 Å². The average Bonchev–Trinajstić information content (AvgIpc) is 3.01. The number of hydrogen-bond acceptors (Lipinski definition) is 5. The molecule has 0 unspecified atom stereocenters. The Balaban J connectivity index is 1.71. The molecule has 8 heteroatoms. The van der Waals surface area contributed by atoms with Gasteiger partial charge in [0.2, 0.25) is 0 Å². The van der Waals surface area contributed by atoms with Crippen molar-refractivity contribution in [1.82, 2.24) is 9.80 Å². The van der Waals surface area contributed by atoms with E-state index in [9.17, 15) is 9.59 Å². The van der Waals surface area contributed by atoms with E-state index in [1.165, 1.54) is 5.56 Å². The molecule has 0 saturated carbocycles. The molecule has 0 fully saturated rings. The van der Waals surface area contributed by atoms with E-state index in [1.54, 1.807) is 0 Å². The van der Waals surface area contributed by atoms with Crippen LogP contribution in [-0.2, 0) is 6.61 Å². The zero-order chi connectivity index (χ0) is 32.6. The molecule has 0 radical (unpaired) electrons. The highest BCUT2D eigenvalue weighted by molar-refractivity contribution is 5.85. The first-order chi connectivity index (χ1) is 21.7. The largest absolute Gasteiger partial charge is 0.494 e. The van der Waals surface area contributed by atoms with Gasteiger partial charge in [0.05, 0.1) is 6.61 Å². The Kier molecular flexibility index (Phi) is 14.7. The first kappa shape index (κ1) is 35.4. The number of unbranched alkanes of at least 4 members (excludes halogenated alkanes) is 4. The molecule has 0 aromatic heterocycles. The van der Waals surface area contributed by atoms with Crippen LogP contribution in [-0.4, -0.2) is 64.0 Å². The Morgan fingerprint density at radius 2 is 1.31 bits per heavy atom. The summed E-state index contributed by atoms with van der Waals surface area (Å²) in [6.45, 7) is 11.0. The first-order valence-corrected chi connectivity index (χ1v) is 16.1. The quantitative estimate of drug-likeness (QED) is 0.129. The lowest BCUT2D eigenvalue weighted by Gasteiger charge is -2.32. The third-order valence-corrected chi connectivity index (χ3v) is 8.05. The third-order valence-electron chi connectivity index (χ3n) is 8.05. The van der Waals surface area contributed by atoms with Crippen molar-refractivity contribution in [3.05, 3.63) is 95.6 Å². The highest BCUT2D eigenvalue weighted by Gasteiger charge is 2.23. The van der Waals surface area contributed by atoms with Gasteiger partial charge in [0.1, 0.15) is 18.1 Å². The van der Waals surface area contributed by atoms with Gasteiger partial charge in [0.25, 0.3) is 0 Å². The number of carbonyl (C=O) groups is 2. The van der Waals surface area contributed by atoms with Crippen molar-refractivity contribution >= 4 is 12.2 Å². The van der Waals surface area contributed by atoms with Crippen LogP contribution in [0.15, 0.2) is 78.9 Å². The van der Waals surface area contributed by atoms with Gasteiger partial charge in [0.15, 0.2) is 0 Å². The lowest BCUT2D eigenvalue weighted by atomic mass is 9.87. The molecule has 0 bridgehead atoms. The standard InChI is InChI=1S/C37H50N2O6/c1-28(2)38(29(3)4)24-22-33(31-18-12-9-13-19-31)34-26-32(20-21-35(34)45-27-30-16-10-8-11-17-30)44-25-15-7-5-6-14-23-39(36(40)41)37(42)43/h8-13,16-21,26,28-29,33H,5-7,14-15,22-25,27H2,1-4H3,(H,40,41)(H,42,43)/t33-/m1/s1. The number of imide groups is 1. The van der Waals surface area contributed by atoms with Crippen LogP contribution >= 0.6 is 0 Å². The van der Waals surface area contributed by atoms with Crippen LogP contribution in [0.1, 0.15) is 88.8 Å². The second kappa shape index (κ2) is 18.7. The number of ether oxygens (including phenoxy) is 2. The van der Waals surface area contributed by atoms with Crippen molar-refractivity contribution in [2.24, 2.45) is 0 Å². The predicted molar refractivity (Wildman–Crippen MR) is 178 cm³/mol. The van der Waals surface area contributed by atoms with Crippen LogP contribution in [0.3, 0.4) is 0 Å². The Morgan fingerprint density at radius 3 is 1.93 bits per heavy atom. The number of nitrogens with zero attached hydrogens (tertiary/aromatic N) is 2. The topological polar surface area (TPSA) is 99.5 Å². The SMILES string of the molecule is CC(C)N(CC[C@H](c1ccccc1)c1cc(OCCCCCCCN(C(=O)O)C(=O)O)ccc1OCc1ccccc1)C(C)C. The van der Waals surface area contributed by atoms with Crippen molar-refractivity contribution in [2.75, 3.05) is 19.7 Å². The molecule has 0 heterocycles. The first-order valence-electron chi connectivity index (χ1n) is 16.1. The minimum atomic E-state index is -1.43. The summed E-state index contributed by atoms with van der Waals surface area (Å²) in [5.41, 5.74) is 3.48. The Hall–Kier alpha value is -4.04. The van der Waals surface area contributed by atoms with E-state index in [2.05, 4.69) is 81.1 Å². The fourth-order valence-corrected chi connectivity index (χ4v) is 5.70. The van der Waals surface area contributed by atoms with Crippen LogP contribution in [0, 0.1) is 0 Å². The van der Waals surface area contributed by atoms with Crippen molar-refractivity contribution < 1.29 is 29.3 Å². The number of amides is 2. The molecule has 45 heavy (non-hydrogen) atoms. The Labute approximate surface area is 268 Å². The van der Waals surface area contributed by atoms with Gasteiger partial charge in [-0.3, -0.25) is 4.90 Å². The number of rotatable bonds is 19. The molecule has 244 valence electrons. The van der Waals surface area contributed by atoms with Gasteiger partial charge < -0.3 is 19.7 Å². The van der Waals surface area contributed by atoms with Gasteiger partial charge in [-0.05, 0) is 82.8 Å². The van der Waals surface area contributed by atoms with Gasteiger partial charge in [0, 0.05) is 30.1 Å². The molecule has 3 aromatic carbocycles. The molecule has 0 saturated heterocycles. The van der Waals surface area contributed by atoms with Gasteiger partial charge in [-0.25, -0.2) is 14.5 Å². The van der Waals surface area contributed by atoms with Crippen molar-refractivity contribution in [2.45, 2.75) is 90.8 Å². The normalized spacial score (nSPS) is 12.0. The summed E-state index contributed by atoms with van der Waals surface area (Å²) < 4.78 is 12.7. The van der Waals surface area contributed by atoms with Crippen molar-refractivity contribution in [3.63, 3.8) is 0 Å². The predicted octanol–water partition coefficient (Wildman–Crippen LogP) is 8.89. The average molecular weight is 619 g/mol. The summed E-state index contributed by atoms with van der Waals surface area (Å²) in [6, 6.07) is 27.9. The van der Waals surface area contributed by atoms with E-state index in [0.29, 0.717) is 36.6 Å². The summed E-state index contributed by atoms with van der Waals surface area (Å²) >= 11 is 0.